The number of nitrogens with zero attached hydrogens (tertiary/aromatic N) is 1. The lowest BCUT2D eigenvalue weighted by molar-refractivity contribution is 0.0696. The van der Waals surface area contributed by atoms with E-state index in [-0.39, 0.29) is 5.56 Å². The van der Waals surface area contributed by atoms with Crippen molar-refractivity contribution in [2.45, 2.75) is 18.2 Å². The monoisotopic (exact) mass is 207 g/mol. The van der Waals surface area contributed by atoms with Crippen molar-refractivity contribution in [2.75, 3.05) is 0 Å². The van der Waals surface area contributed by atoms with E-state index in [1.165, 1.54) is 6.07 Å². The van der Waals surface area contributed by atoms with Gasteiger partial charge in [-0.3, -0.25) is 0 Å². The Labute approximate surface area is 87.4 Å². The topological polar surface area (TPSA) is 61.1 Å². The molecule has 0 aromatic heterocycles. The summed E-state index contributed by atoms with van der Waals surface area (Å²) in [5, 5.41) is 17.5. The average Bonchev–Trinajstić information content (AvgIpc) is 2.17. The van der Waals surface area contributed by atoms with Crippen molar-refractivity contribution in [2.24, 2.45) is 0 Å². The Balaban J connectivity index is 3.41. The molecule has 0 atom stereocenters. The van der Waals surface area contributed by atoms with Crippen molar-refractivity contribution in [3.63, 3.8) is 0 Å². The standard InChI is InChI=1S/C10H9NO2S/c1-2-6-3-7(10(12)13)4-8(5-11)9(6)14/h3-4,14H,2H2,1H3,(H,12,13). The molecule has 0 radical (unpaired) electrons. The molecule has 72 valence electrons. The van der Waals surface area contributed by atoms with Gasteiger partial charge in [0.15, 0.2) is 0 Å². The second-order valence-electron chi connectivity index (χ2n) is 2.80. The molecule has 1 rings (SSSR count). The van der Waals surface area contributed by atoms with Crippen molar-refractivity contribution in [1.29, 1.82) is 5.26 Å². The quantitative estimate of drug-likeness (QED) is 0.730. The van der Waals surface area contributed by atoms with Crippen LogP contribution in [-0.4, -0.2) is 11.1 Å². The highest BCUT2D eigenvalue weighted by Gasteiger charge is 2.10. The van der Waals surface area contributed by atoms with Gasteiger partial charge in [-0.05, 0) is 24.1 Å². The molecule has 1 aromatic rings. The zero-order valence-electron chi connectivity index (χ0n) is 7.61. The van der Waals surface area contributed by atoms with Gasteiger partial charge in [0.1, 0.15) is 6.07 Å². The van der Waals surface area contributed by atoms with Gasteiger partial charge in [-0.15, -0.1) is 12.6 Å². The summed E-state index contributed by atoms with van der Waals surface area (Å²) in [6, 6.07) is 4.81. The summed E-state index contributed by atoms with van der Waals surface area (Å²) in [5.41, 5.74) is 1.23. The van der Waals surface area contributed by atoms with Crippen LogP contribution in [0.5, 0.6) is 0 Å². The first-order valence-corrected chi connectivity index (χ1v) is 4.54. The molecule has 4 heteroatoms. The average molecular weight is 207 g/mol. The van der Waals surface area contributed by atoms with E-state index in [2.05, 4.69) is 12.6 Å². The number of carbonyl (C=O) groups is 1. The Bertz CT molecular complexity index is 421. The van der Waals surface area contributed by atoms with Gasteiger partial charge in [0, 0.05) is 4.90 Å². The van der Waals surface area contributed by atoms with Crippen molar-refractivity contribution in [1.82, 2.24) is 0 Å². The summed E-state index contributed by atoms with van der Waals surface area (Å²) < 4.78 is 0. The zero-order valence-corrected chi connectivity index (χ0v) is 8.51. The molecule has 0 heterocycles. The number of aryl methyl sites for hydroxylation is 1. The van der Waals surface area contributed by atoms with Crippen molar-refractivity contribution < 1.29 is 9.90 Å². The predicted octanol–water partition coefficient (Wildman–Crippen LogP) is 2.11. The minimum Gasteiger partial charge on any atom is -0.478 e. The number of hydrogen-bond acceptors (Lipinski definition) is 3. The van der Waals surface area contributed by atoms with Gasteiger partial charge in [0.2, 0.25) is 0 Å². The number of aromatic carboxylic acids is 1. The molecular weight excluding hydrogens is 198 g/mol. The van der Waals surface area contributed by atoms with E-state index in [0.717, 1.165) is 5.56 Å². The molecule has 0 bridgehead atoms. The van der Waals surface area contributed by atoms with E-state index in [9.17, 15) is 4.79 Å². The van der Waals surface area contributed by atoms with E-state index >= 15 is 0 Å². The molecule has 1 N–H and O–H groups in total. The van der Waals surface area contributed by atoms with E-state index in [1.54, 1.807) is 6.07 Å². The summed E-state index contributed by atoms with van der Waals surface area (Å²) in [5.74, 6) is -1.02. The number of benzene rings is 1. The van der Waals surface area contributed by atoms with E-state index in [0.29, 0.717) is 16.9 Å². The van der Waals surface area contributed by atoms with Crippen LogP contribution in [0, 0.1) is 11.3 Å². The summed E-state index contributed by atoms with van der Waals surface area (Å²) in [6.07, 6.45) is 0.661. The van der Waals surface area contributed by atoms with Crippen LogP contribution >= 0.6 is 12.6 Å². The fraction of sp³-hybridized carbons (Fsp3) is 0.200. The molecule has 0 spiro atoms. The number of hydrogen-bond donors (Lipinski definition) is 2. The van der Waals surface area contributed by atoms with Crippen molar-refractivity contribution >= 4 is 18.6 Å². The highest BCUT2D eigenvalue weighted by molar-refractivity contribution is 7.80. The highest BCUT2D eigenvalue weighted by atomic mass is 32.1. The van der Waals surface area contributed by atoms with Crippen LogP contribution < -0.4 is 0 Å². The molecular formula is C10H9NO2S. The predicted molar refractivity (Wildman–Crippen MR) is 54.7 cm³/mol. The van der Waals surface area contributed by atoms with Gasteiger partial charge in [-0.1, -0.05) is 6.92 Å². The number of carboxylic acid groups (broad SMARTS) is 1. The molecule has 0 aliphatic carbocycles. The summed E-state index contributed by atoms with van der Waals surface area (Å²) >= 11 is 4.17. The maximum atomic E-state index is 10.7. The molecule has 0 aliphatic heterocycles. The van der Waals surface area contributed by atoms with Gasteiger partial charge >= 0.3 is 5.97 Å². The number of carboxylic acids is 1. The van der Waals surface area contributed by atoms with Gasteiger partial charge < -0.3 is 5.11 Å². The Morgan fingerprint density at radius 3 is 2.71 bits per heavy atom. The largest absolute Gasteiger partial charge is 0.478 e. The number of thiol groups is 1. The van der Waals surface area contributed by atoms with E-state index in [4.69, 9.17) is 10.4 Å². The summed E-state index contributed by atoms with van der Waals surface area (Å²) in [4.78, 5) is 11.3. The van der Waals surface area contributed by atoms with Crippen LogP contribution in [0.1, 0.15) is 28.4 Å². The molecule has 0 aliphatic rings. The molecule has 0 saturated heterocycles. The second kappa shape index (κ2) is 4.16. The first-order chi connectivity index (χ1) is 6.60. The minimum absolute atomic E-state index is 0.135. The normalized spacial score (nSPS) is 9.50. The van der Waals surface area contributed by atoms with Gasteiger partial charge in [-0.25, -0.2) is 4.79 Å². The zero-order chi connectivity index (χ0) is 10.7. The number of rotatable bonds is 2. The van der Waals surface area contributed by atoms with Crippen LogP contribution in [0.15, 0.2) is 17.0 Å². The van der Waals surface area contributed by atoms with Gasteiger partial charge in [0.05, 0.1) is 11.1 Å². The van der Waals surface area contributed by atoms with Gasteiger partial charge in [0.25, 0.3) is 0 Å². The lowest BCUT2D eigenvalue weighted by atomic mass is 10.0. The molecule has 0 amide bonds. The van der Waals surface area contributed by atoms with E-state index < -0.39 is 5.97 Å². The van der Waals surface area contributed by atoms with Crippen LogP contribution in [0.4, 0.5) is 0 Å². The fourth-order valence-electron chi connectivity index (χ4n) is 1.17. The molecule has 0 fully saturated rings. The molecule has 1 aromatic carbocycles. The Morgan fingerprint density at radius 1 is 1.64 bits per heavy atom. The summed E-state index contributed by atoms with van der Waals surface area (Å²) in [7, 11) is 0. The Kier molecular flexibility index (Phi) is 3.15. The van der Waals surface area contributed by atoms with Crippen LogP contribution in [-0.2, 0) is 6.42 Å². The van der Waals surface area contributed by atoms with Crippen LogP contribution in [0.25, 0.3) is 0 Å². The van der Waals surface area contributed by atoms with Gasteiger partial charge in [-0.2, -0.15) is 5.26 Å². The Hall–Kier alpha value is -1.47. The van der Waals surface area contributed by atoms with Crippen molar-refractivity contribution in [3.05, 3.63) is 28.8 Å². The summed E-state index contributed by atoms with van der Waals surface area (Å²) in [6.45, 7) is 1.89. The first kappa shape index (κ1) is 10.6. The molecule has 3 nitrogen and oxygen atoms in total. The maximum Gasteiger partial charge on any atom is 0.335 e. The Morgan fingerprint density at radius 2 is 2.29 bits per heavy atom. The third-order valence-electron chi connectivity index (χ3n) is 1.94. The molecule has 0 unspecified atom stereocenters. The second-order valence-corrected chi connectivity index (χ2v) is 3.25. The fourth-order valence-corrected chi connectivity index (χ4v) is 1.51. The van der Waals surface area contributed by atoms with Crippen molar-refractivity contribution in [3.8, 4) is 6.07 Å². The smallest absolute Gasteiger partial charge is 0.335 e. The SMILES string of the molecule is CCc1cc(C(=O)O)cc(C#N)c1S. The van der Waals surface area contributed by atoms with Crippen LogP contribution in [0.3, 0.4) is 0 Å². The van der Waals surface area contributed by atoms with Crippen LogP contribution in [0.2, 0.25) is 0 Å². The maximum absolute atomic E-state index is 10.7. The minimum atomic E-state index is -1.02. The molecule has 14 heavy (non-hydrogen) atoms. The first-order valence-electron chi connectivity index (χ1n) is 4.09. The number of nitriles is 1. The lowest BCUT2D eigenvalue weighted by Gasteiger charge is -2.05. The van der Waals surface area contributed by atoms with E-state index in [1.807, 2.05) is 13.0 Å². The third-order valence-corrected chi connectivity index (χ3v) is 2.47. The lowest BCUT2D eigenvalue weighted by Crippen LogP contribution is -2.00. The highest BCUT2D eigenvalue weighted by Crippen LogP contribution is 2.21. The molecule has 0 saturated carbocycles. The third kappa shape index (κ3) is 1.88.